The van der Waals surface area contributed by atoms with E-state index in [1.54, 1.807) is 48.5 Å². The Morgan fingerprint density at radius 3 is 1.35 bits per heavy atom. The van der Waals surface area contributed by atoms with Crippen molar-refractivity contribution in [3.63, 3.8) is 0 Å². The van der Waals surface area contributed by atoms with Crippen molar-refractivity contribution in [3.8, 4) is 44.5 Å². The molecule has 0 heterocycles. The van der Waals surface area contributed by atoms with E-state index in [0.29, 0.717) is 16.7 Å². The van der Waals surface area contributed by atoms with Gasteiger partial charge in [0, 0.05) is 17.1 Å². The molecule has 0 amide bonds. The van der Waals surface area contributed by atoms with Crippen LogP contribution in [0.1, 0.15) is 16.4 Å². The van der Waals surface area contributed by atoms with Gasteiger partial charge in [0.1, 0.15) is 0 Å². The number of nitrogens with zero attached hydrogens (tertiary/aromatic N) is 1. The molecule has 0 aliphatic heterocycles. The summed E-state index contributed by atoms with van der Waals surface area (Å²) < 4.78 is 113. The molecule has 1 nitrogen and oxygen atoms in total. The van der Waals surface area contributed by atoms with Gasteiger partial charge in [-0.2, -0.15) is 0 Å². The third kappa shape index (κ3) is 6.18. The normalized spacial score (nSPS) is 14.4. The summed E-state index contributed by atoms with van der Waals surface area (Å²) in [6.45, 7) is 0. The van der Waals surface area contributed by atoms with E-state index in [1.807, 2.05) is 91.0 Å². The highest BCUT2D eigenvalue weighted by Gasteiger charge is 2.15. The molecule has 240 valence electrons. The second-order valence-electron chi connectivity index (χ2n) is 12.1. The Morgan fingerprint density at radius 1 is 0.294 bits per heavy atom. The van der Waals surface area contributed by atoms with Gasteiger partial charge in [0.25, 0.3) is 0 Å². The van der Waals surface area contributed by atoms with E-state index in [-0.39, 0.29) is 16.7 Å². The van der Waals surface area contributed by atoms with E-state index >= 15 is 0 Å². The van der Waals surface area contributed by atoms with Crippen molar-refractivity contribution >= 4 is 38.6 Å². The fourth-order valence-corrected chi connectivity index (χ4v) is 6.22. The van der Waals surface area contributed by atoms with Crippen LogP contribution in [0.5, 0.6) is 0 Å². The molecule has 0 aliphatic carbocycles. The van der Waals surface area contributed by atoms with Crippen molar-refractivity contribution in [2.75, 3.05) is 4.90 Å². The Hall–Kier alpha value is -6.70. The molecule has 0 spiro atoms. The first-order valence-corrected chi connectivity index (χ1v) is 16.5. The van der Waals surface area contributed by atoms with E-state index in [4.69, 9.17) is 2.74 Å². The topological polar surface area (TPSA) is 3.24 Å². The maximum atomic E-state index is 9.73. The average Bonchev–Trinajstić information content (AvgIpc) is 3.30. The molecule has 0 bridgehead atoms. The quantitative estimate of drug-likeness (QED) is 0.164. The average molecular weight is 662 g/mol. The highest BCUT2D eigenvalue weighted by Crippen LogP contribution is 2.39. The molecule has 0 N–H and O–H groups in total. The minimum atomic E-state index is -0.721. The van der Waals surface area contributed by atoms with Crippen molar-refractivity contribution < 1.29 is 16.4 Å². The second-order valence-corrected chi connectivity index (χ2v) is 12.1. The van der Waals surface area contributed by atoms with Crippen LogP contribution >= 0.6 is 0 Å². The summed E-state index contributed by atoms with van der Waals surface area (Å²) in [5, 5.41) is 3.34. The van der Waals surface area contributed by atoms with Gasteiger partial charge < -0.3 is 4.90 Å². The van der Waals surface area contributed by atoms with Crippen molar-refractivity contribution in [2.45, 2.75) is 0 Å². The van der Waals surface area contributed by atoms with Crippen molar-refractivity contribution in [1.82, 2.24) is 0 Å². The van der Waals surface area contributed by atoms with Crippen molar-refractivity contribution in [2.24, 2.45) is 0 Å². The molecule has 0 saturated heterocycles. The lowest BCUT2D eigenvalue weighted by atomic mass is 9.98. The third-order valence-corrected chi connectivity index (χ3v) is 8.84. The second kappa shape index (κ2) is 13.3. The molecule has 0 atom stereocenters. The van der Waals surface area contributed by atoms with Crippen molar-refractivity contribution in [3.05, 3.63) is 212 Å². The molecule has 0 fully saturated rings. The lowest BCUT2D eigenvalue weighted by Gasteiger charge is -2.26. The number of hydrogen-bond acceptors (Lipinski definition) is 1. The SMILES string of the molecule is [2H]c1c([2H])c(-c2ccc3ccccc3c2)c([2H])c(N(c2c([2H])c([2H])c(-c3cccc(-c4ccccc4)c3)c([2H])c2[2H])c2c([2H])c([2H])c(-c3ccc4ccccc4c3)c([2H])c2[2H])c1[2H]. The minimum absolute atomic E-state index is 0.0376. The molecule has 0 saturated carbocycles. The van der Waals surface area contributed by atoms with Crippen LogP contribution in [-0.4, -0.2) is 0 Å². The predicted octanol–water partition coefficient (Wildman–Crippen LogP) is 14.1. The zero-order valence-corrected chi connectivity index (χ0v) is 27.2. The van der Waals surface area contributed by atoms with Gasteiger partial charge in [0.15, 0.2) is 0 Å². The molecular weight excluding hydrogens is 615 g/mol. The van der Waals surface area contributed by atoms with Crippen molar-refractivity contribution in [1.29, 1.82) is 0 Å². The first-order valence-electron chi connectivity index (χ1n) is 22.5. The summed E-state index contributed by atoms with van der Waals surface area (Å²) in [4.78, 5) is 0.891. The third-order valence-electron chi connectivity index (χ3n) is 8.84. The van der Waals surface area contributed by atoms with E-state index in [9.17, 15) is 13.7 Å². The lowest BCUT2D eigenvalue weighted by molar-refractivity contribution is 1.28. The van der Waals surface area contributed by atoms with Gasteiger partial charge >= 0.3 is 0 Å². The molecule has 0 aromatic heterocycles. The maximum absolute atomic E-state index is 9.73. The summed E-state index contributed by atoms with van der Waals surface area (Å²) >= 11 is 0. The van der Waals surface area contributed by atoms with Gasteiger partial charge in [-0.05, 0) is 121 Å². The molecule has 0 radical (unpaired) electrons. The van der Waals surface area contributed by atoms with Gasteiger partial charge in [-0.25, -0.2) is 0 Å². The Labute approximate surface area is 316 Å². The summed E-state index contributed by atoms with van der Waals surface area (Å²) in [5.41, 5.74) is 0.942. The molecule has 51 heavy (non-hydrogen) atoms. The number of anilines is 3. The van der Waals surface area contributed by atoms with Gasteiger partial charge in [0.05, 0.1) is 16.4 Å². The fourth-order valence-electron chi connectivity index (χ4n) is 6.22. The van der Waals surface area contributed by atoms with Gasteiger partial charge in [-0.15, -0.1) is 0 Å². The van der Waals surface area contributed by atoms with Crippen LogP contribution in [0.25, 0.3) is 66.1 Å². The predicted molar refractivity (Wildman–Crippen MR) is 218 cm³/mol. The van der Waals surface area contributed by atoms with Crippen LogP contribution in [0.2, 0.25) is 0 Å². The molecule has 9 aromatic rings. The van der Waals surface area contributed by atoms with Crippen LogP contribution < -0.4 is 4.90 Å². The van der Waals surface area contributed by atoms with Gasteiger partial charge in [-0.1, -0.05) is 158 Å². The summed E-state index contributed by atoms with van der Waals surface area (Å²) in [5.74, 6) is 0. The smallest absolute Gasteiger partial charge is 0.0651 e. The number of hydrogen-bond donors (Lipinski definition) is 0. The minimum Gasteiger partial charge on any atom is -0.310 e. The molecular formula is C50H35N. The first kappa shape index (κ1) is 20.1. The monoisotopic (exact) mass is 661 g/mol. The molecule has 9 rings (SSSR count). The largest absolute Gasteiger partial charge is 0.310 e. The van der Waals surface area contributed by atoms with E-state index in [1.165, 1.54) is 0 Å². The number of benzene rings is 9. The van der Waals surface area contributed by atoms with E-state index < -0.39 is 89.6 Å². The highest BCUT2D eigenvalue weighted by molar-refractivity contribution is 5.90. The van der Waals surface area contributed by atoms with Gasteiger partial charge in [0.2, 0.25) is 0 Å². The lowest BCUT2D eigenvalue weighted by Crippen LogP contribution is -2.10. The summed E-state index contributed by atoms with van der Waals surface area (Å²) in [6, 6.07) is 34.9. The molecule has 1 heteroatoms. The fraction of sp³-hybridized carbons (Fsp3) is 0. The number of fused-ring (bicyclic) bond motifs is 2. The van der Waals surface area contributed by atoms with Crippen LogP contribution in [0.4, 0.5) is 17.1 Å². The van der Waals surface area contributed by atoms with Gasteiger partial charge in [-0.3, -0.25) is 0 Å². The first-order chi connectivity index (χ1) is 30.3. The maximum Gasteiger partial charge on any atom is 0.0651 e. The zero-order chi connectivity index (χ0) is 44.4. The Morgan fingerprint density at radius 2 is 0.765 bits per heavy atom. The standard InChI is InChI=1S/C50H35N/c1-2-10-36(11-3-1)43-16-8-17-44(32-43)39-24-28-48(29-25-39)51(49-30-26-40(27-31-49)46-22-20-37-12-4-6-14-41(37)33-46)50-19-9-18-45(35-50)47-23-21-38-13-5-7-15-42(38)34-47/h1-35H/i9D,18D,19D,24D,25D,26D,27D,28D,29D,30D,31D,35D. The molecule has 0 unspecified atom stereocenters. The van der Waals surface area contributed by atoms with Crippen LogP contribution in [0, 0.1) is 0 Å². The van der Waals surface area contributed by atoms with E-state index in [0.717, 1.165) is 37.6 Å². The summed E-state index contributed by atoms with van der Waals surface area (Å²) in [7, 11) is 0. The summed E-state index contributed by atoms with van der Waals surface area (Å²) in [6.07, 6.45) is 0. The Bertz CT molecular complexity index is 3270. The Kier molecular flexibility index (Phi) is 5.24. The molecule has 9 aromatic carbocycles. The van der Waals surface area contributed by atoms with Crippen LogP contribution in [0.15, 0.2) is 212 Å². The number of rotatable bonds is 7. The van der Waals surface area contributed by atoms with Crippen LogP contribution in [-0.2, 0) is 0 Å². The Balaban J connectivity index is 1.35. The van der Waals surface area contributed by atoms with Crippen LogP contribution in [0.3, 0.4) is 0 Å². The molecule has 0 aliphatic rings. The highest BCUT2D eigenvalue weighted by atomic mass is 15.1. The van der Waals surface area contributed by atoms with E-state index in [2.05, 4.69) is 0 Å². The zero-order valence-electron chi connectivity index (χ0n) is 39.2.